The molecular weight excluding hydrogens is 228 g/mol. The summed E-state index contributed by atoms with van der Waals surface area (Å²) in [6.07, 6.45) is 3.52. The largest absolute Gasteiger partial charge is 0.463 e. The number of furan rings is 1. The maximum Gasteiger partial charge on any atom is 0.255 e. The molecule has 18 heavy (non-hydrogen) atoms. The molecule has 1 fully saturated rings. The number of carbonyl (C=O) groups is 1. The van der Waals surface area contributed by atoms with Crippen LogP contribution in [0.3, 0.4) is 0 Å². The number of amides is 1. The van der Waals surface area contributed by atoms with Crippen LogP contribution in [0.1, 0.15) is 23.2 Å². The zero-order chi connectivity index (χ0) is 12.4. The zero-order valence-corrected chi connectivity index (χ0v) is 10.1. The summed E-state index contributed by atoms with van der Waals surface area (Å²) in [5.41, 5.74) is 1.39. The number of hydrogen-bond donors (Lipinski definition) is 2. The van der Waals surface area contributed by atoms with Crippen molar-refractivity contribution < 1.29 is 9.21 Å². The Kier molecular flexibility index (Phi) is 3.02. The SMILES string of the molecule is O=C(NC1CCNCC1)c1coc2ccccc12. The van der Waals surface area contributed by atoms with Gasteiger partial charge in [0.25, 0.3) is 5.91 Å². The van der Waals surface area contributed by atoms with Crippen molar-refractivity contribution >= 4 is 16.9 Å². The van der Waals surface area contributed by atoms with Gasteiger partial charge in [0.15, 0.2) is 0 Å². The average Bonchev–Trinajstić information content (AvgIpc) is 2.84. The minimum absolute atomic E-state index is 0.0353. The van der Waals surface area contributed by atoms with Crippen LogP contribution in [0.25, 0.3) is 11.0 Å². The summed E-state index contributed by atoms with van der Waals surface area (Å²) >= 11 is 0. The maximum atomic E-state index is 12.2. The fourth-order valence-electron chi connectivity index (χ4n) is 2.38. The van der Waals surface area contributed by atoms with Crippen molar-refractivity contribution in [3.05, 3.63) is 36.1 Å². The predicted octanol–water partition coefficient (Wildman–Crippen LogP) is 1.91. The third kappa shape index (κ3) is 2.11. The molecule has 1 aliphatic rings. The highest BCUT2D eigenvalue weighted by atomic mass is 16.3. The van der Waals surface area contributed by atoms with Crippen LogP contribution >= 0.6 is 0 Å². The number of nitrogens with one attached hydrogen (secondary N) is 2. The summed E-state index contributed by atoms with van der Waals surface area (Å²) in [6.45, 7) is 1.94. The number of benzene rings is 1. The molecule has 1 aliphatic heterocycles. The Morgan fingerprint density at radius 3 is 2.89 bits per heavy atom. The van der Waals surface area contributed by atoms with E-state index in [1.54, 1.807) is 6.26 Å². The fraction of sp³-hybridized carbons (Fsp3) is 0.357. The molecule has 0 saturated carbocycles. The van der Waals surface area contributed by atoms with Gasteiger partial charge in [0.2, 0.25) is 0 Å². The van der Waals surface area contributed by atoms with Gasteiger partial charge in [0.05, 0.1) is 5.56 Å². The van der Waals surface area contributed by atoms with Gasteiger partial charge in [-0.2, -0.15) is 0 Å². The Morgan fingerprint density at radius 2 is 2.06 bits per heavy atom. The summed E-state index contributed by atoms with van der Waals surface area (Å²) in [5, 5.41) is 7.24. The second kappa shape index (κ2) is 4.82. The summed E-state index contributed by atoms with van der Waals surface area (Å²) < 4.78 is 5.39. The van der Waals surface area contributed by atoms with Gasteiger partial charge in [-0.05, 0) is 32.0 Å². The maximum absolute atomic E-state index is 12.2. The van der Waals surface area contributed by atoms with Crippen LogP contribution < -0.4 is 10.6 Å². The lowest BCUT2D eigenvalue weighted by Gasteiger charge is -2.23. The quantitative estimate of drug-likeness (QED) is 0.848. The van der Waals surface area contributed by atoms with E-state index < -0.39 is 0 Å². The molecule has 0 unspecified atom stereocenters. The Morgan fingerprint density at radius 1 is 1.28 bits per heavy atom. The van der Waals surface area contributed by atoms with Gasteiger partial charge in [-0.3, -0.25) is 4.79 Å². The van der Waals surface area contributed by atoms with Crippen LogP contribution in [-0.4, -0.2) is 25.0 Å². The molecule has 4 nitrogen and oxygen atoms in total. The third-order valence-corrected chi connectivity index (χ3v) is 3.40. The standard InChI is InChI=1S/C14H16N2O2/c17-14(16-10-5-7-15-8-6-10)12-9-18-13-4-2-1-3-11(12)13/h1-4,9-10,15H,5-8H2,(H,16,17). The van der Waals surface area contributed by atoms with Crippen LogP contribution in [0, 0.1) is 0 Å². The van der Waals surface area contributed by atoms with Gasteiger partial charge in [-0.1, -0.05) is 18.2 Å². The lowest BCUT2D eigenvalue weighted by atomic mass is 10.1. The van der Waals surface area contributed by atoms with Gasteiger partial charge in [-0.25, -0.2) is 0 Å². The Bertz CT molecular complexity index is 556. The van der Waals surface area contributed by atoms with Gasteiger partial charge >= 0.3 is 0 Å². The van der Waals surface area contributed by atoms with E-state index in [4.69, 9.17) is 4.42 Å². The number of piperidine rings is 1. The molecule has 1 saturated heterocycles. The normalized spacial score (nSPS) is 16.9. The molecular formula is C14H16N2O2. The molecule has 94 valence electrons. The molecule has 0 bridgehead atoms. The van der Waals surface area contributed by atoms with Crippen molar-refractivity contribution in [3.63, 3.8) is 0 Å². The number of carbonyl (C=O) groups excluding carboxylic acids is 1. The second-order valence-electron chi connectivity index (χ2n) is 4.64. The summed E-state index contributed by atoms with van der Waals surface area (Å²) in [7, 11) is 0. The van der Waals surface area contributed by atoms with Crippen LogP contribution in [-0.2, 0) is 0 Å². The van der Waals surface area contributed by atoms with Crippen molar-refractivity contribution in [2.45, 2.75) is 18.9 Å². The van der Waals surface area contributed by atoms with E-state index >= 15 is 0 Å². The molecule has 1 aromatic heterocycles. The van der Waals surface area contributed by atoms with Crippen molar-refractivity contribution in [2.75, 3.05) is 13.1 Å². The first-order valence-electron chi connectivity index (χ1n) is 6.32. The zero-order valence-electron chi connectivity index (χ0n) is 10.1. The fourth-order valence-corrected chi connectivity index (χ4v) is 2.38. The first-order valence-corrected chi connectivity index (χ1v) is 6.32. The smallest absolute Gasteiger partial charge is 0.255 e. The molecule has 0 aliphatic carbocycles. The molecule has 2 aromatic rings. The predicted molar refractivity (Wildman–Crippen MR) is 69.6 cm³/mol. The average molecular weight is 244 g/mol. The van der Waals surface area contributed by atoms with Gasteiger partial charge in [-0.15, -0.1) is 0 Å². The minimum atomic E-state index is -0.0353. The van der Waals surface area contributed by atoms with Crippen molar-refractivity contribution in [1.82, 2.24) is 10.6 Å². The van der Waals surface area contributed by atoms with E-state index in [9.17, 15) is 4.79 Å². The Labute approximate surface area is 105 Å². The van der Waals surface area contributed by atoms with E-state index in [0.717, 1.165) is 36.9 Å². The van der Waals surface area contributed by atoms with Crippen LogP contribution in [0.15, 0.2) is 34.9 Å². The molecule has 3 rings (SSSR count). The van der Waals surface area contributed by atoms with E-state index in [2.05, 4.69) is 10.6 Å². The highest BCUT2D eigenvalue weighted by Gasteiger charge is 2.19. The molecule has 2 N–H and O–H groups in total. The summed E-state index contributed by atoms with van der Waals surface area (Å²) in [5.74, 6) is -0.0353. The monoisotopic (exact) mass is 244 g/mol. The Hall–Kier alpha value is -1.81. The van der Waals surface area contributed by atoms with E-state index in [-0.39, 0.29) is 11.9 Å². The van der Waals surface area contributed by atoms with Crippen molar-refractivity contribution in [3.8, 4) is 0 Å². The van der Waals surface area contributed by atoms with Crippen LogP contribution in [0.2, 0.25) is 0 Å². The molecule has 0 radical (unpaired) electrons. The van der Waals surface area contributed by atoms with Crippen molar-refractivity contribution in [1.29, 1.82) is 0 Å². The summed E-state index contributed by atoms with van der Waals surface area (Å²) in [6, 6.07) is 7.87. The van der Waals surface area contributed by atoms with Crippen LogP contribution in [0.5, 0.6) is 0 Å². The molecule has 0 atom stereocenters. The topological polar surface area (TPSA) is 54.3 Å². The third-order valence-electron chi connectivity index (χ3n) is 3.40. The lowest BCUT2D eigenvalue weighted by molar-refractivity contribution is 0.0930. The Balaban J connectivity index is 1.79. The molecule has 2 heterocycles. The first-order chi connectivity index (χ1) is 8.84. The van der Waals surface area contributed by atoms with Gasteiger partial charge in [0.1, 0.15) is 11.8 Å². The van der Waals surface area contributed by atoms with Crippen LogP contribution in [0.4, 0.5) is 0 Å². The molecule has 1 amide bonds. The second-order valence-corrected chi connectivity index (χ2v) is 4.64. The number of rotatable bonds is 2. The highest BCUT2D eigenvalue weighted by molar-refractivity contribution is 6.05. The highest BCUT2D eigenvalue weighted by Crippen LogP contribution is 2.20. The van der Waals surface area contributed by atoms with Crippen molar-refractivity contribution in [2.24, 2.45) is 0 Å². The van der Waals surface area contributed by atoms with Gasteiger partial charge < -0.3 is 15.1 Å². The molecule has 0 spiro atoms. The number of fused-ring (bicyclic) bond motifs is 1. The lowest BCUT2D eigenvalue weighted by Crippen LogP contribution is -2.42. The van der Waals surface area contributed by atoms with Gasteiger partial charge in [0, 0.05) is 11.4 Å². The number of hydrogen-bond acceptors (Lipinski definition) is 3. The summed E-state index contributed by atoms with van der Waals surface area (Å²) in [4.78, 5) is 12.2. The first kappa shape index (κ1) is 11.3. The van der Waals surface area contributed by atoms with E-state index in [1.807, 2.05) is 24.3 Å². The number of para-hydroxylation sites is 1. The van der Waals surface area contributed by atoms with E-state index in [1.165, 1.54) is 0 Å². The molecule has 1 aromatic carbocycles. The minimum Gasteiger partial charge on any atom is -0.463 e. The van der Waals surface area contributed by atoms with E-state index in [0.29, 0.717) is 5.56 Å². The molecule has 4 heteroatoms.